The highest BCUT2D eigenvalue weighted by atomic mass is 19.1. The van der Waals surface area contributed by atoms with E-state index in [1.165, 1.54) is 37.5 Å². The van der Waals surface area contributed by atoms with Gasteiger partial charge in [0, 0.05) is 0 Å². The Morgan fingerprint density at radius 2 is 1.87 bits per heavy atom. The van der Waals surface area contributed by atoms with Crippen molar-refractivity contribution in [3.63, 3.8) is 0 Å². The van der Waals surface area contributed by atoms with E-state index in [1.54, 1.807) is 12.2 Å². The molecule has 1 aromatic carbocycles. The first kappa shape index (κ1) is 18.4. The third kappa shape index (κ3) is 5.90. The molecule has 0 saturated carbocycles. The largest absolute Gasteiger partial charge is 0.468 e. The Hall–Kier alpha value is -2.69. The van der Waals surface area contributed by atoms with Crippen LogP contribution < -0.4 is 0 Å². The molecule has 1 unspecified atom stereocenters. The molecule has 0 heterocycles. The first-order chi connectivity index (χ1) is 11.0. The van der Waals surface area contributed by atoms with E-state index >= 15 is 0 Å². The number of hydrogen-bond donors (Lipinski definition) is 0. The van der Waals surface area contributed by atoms with Gasteiger partial charge in [-0.3, -0.25) is 9.59 Å². The Labute approximate surface area is 134 Å². The maximum absolute atomic E-state index is 12.9. The molecule has 0 aromatic heterocycles. The molecule has 0 amide bonds. The Morgan fingerprint density at radius 1 is 1.22 bits per heavy atom. The summed E-state index contributed by atoms with van der Waals surface area (Å²) in [5, 5.41) is 0. The molecule has 0 bridgehead atoms. The van der Waals surface area contributed by atoms with Crippen molar-refractivity contribution in [2.75, 3.05) is 13.7 Å². The van der Waals surface area contributed by atoms with Crippen molar-refractivity contribution in [3.05, 3.63) is 72.6 Å². The van der Waals surface area contributed by atoms with Crippen molar-refractivity contribution in [1.29, 1.82) is 0 Å². The number of methoxy groups -OCH3 is 1. The summed E-state index contributed by atoms with van der Waals surface area (Å²) in [6, 6.07) is 5.53. The lowest BCUT2D eigenvalue weighted by Crippen LogP contribution is -2.29. The van der Waals surface area contributed by atoms with Gasteiger partial charge in [-0.25, -0.2) is 4.39 Å². The number of carbonyl (C=O) groups excluding carboxylic acids is 2. The number of carbonyl (C=O) groups is 2. The van der Waals surface area contributed by atoms with Gasteiger partial charge in [-0.05, 0) is 29.7 Å². The second-order valence-corrected chi connectivity index (χ2v) is 4.70. The van der Waals surface area contributed by atoms with Crippen molar-refractivity contribution in [2.45, 2.75) is 6.42 Å². The van der Waals surface area contributed by atoms with Gasteiger partial charge in [-0.2, -0.15) is 0 Å². The number of benzene rings is 1. The third-order valence-electron chi connectivity index (χ3n) is 3.10. The summed E-state index contributed by atoms with van der Waals surface area (Å²) in [6.45, 7) is 7.12. The minimum absolute atomic E-state index is 0.0226. The summed E-state index contributed by atoms with van der Waals surface area (Å²) < 4.78 is 22.7. The zero-order chi connectivity index (χ0) is 17.2. The van der Waals surface area contributed by atoms with Crippen LogP contribution in [-0.2, 0) is 25.5 Å². The second-order valence-electron chi connectivity index (χ2n) is 4.70. The summed E-state index contributed by atoms with van der Waals surface area (Å²) in [5.74, 6) is -2.92. The third-order valence-corrected chi connectivity index (χ3v) is 3.10. The summed E-state index contributed by atoms with van der Waals surface area (Å²) >= 11 is 0. The monoisotopic (exact) mass is 318 g/mol. The molecule has 0 aliphatic heterocycles. The van der Waals surface area contributed by atoms with E-state index in [-0.39, 0.29) is 13.0 Å². The first-order valence-electron chi connectivity index (χ1n) is 6.94. The molecule has 0 aliphatic rings. The molecule has 1 atom stereocenters. The lowest BCUT2D eigenvalue weighted by atomic mass is 9.99. The van der Waals surface area contributed by atoms with Crippen LogP contribution in [0.25, 0.3) is 0 Å². The van der Waals surface area contributed by atoms with Gasteiger partial charge in [0.05, 0.1) is 7.11 Å². The fourth-order valence-corrected chi connectivity index (χ4v) is 1.84. The minimum atomic E-state index is -1.11. The van der Waals surface area contributed by atoms with Crippen LogP contribution in [0.4, 0.5) is 4.39 Å². The molecule has 23 heavy (non-hydrogen) atoms. The van der Waals surface area contributed by atoms with E-state index in [4.69, 9.17) is 4.74 Å². The Balaban J connectivity index is 2.80. The zero-order valence-electron chi connectivity index (χ0n) is 13.0. The van der Waals surface area contributed by atoms with E-state index in [9.17, 15) is 14.0 Å². The van der Waals surface area contributed by atoms with Crippen LogP contribution in [0.5, 0.6) is 0 Å². The van der Waals surface area contributed by atoms with E-state index in [2.05, 4.69) is 17.9 Å². The molecular weight excluding hydrogens is 299 g/mol. The lowest BCUT2D eigenvalue weighted by Gasteiger charge is -2.14. The summed E-state index contributed by atoms with van der Waals surface area (Å²) in [5.41, 5.74) is 1.28. The van der Waals surface area contributed by atoms with Crippen LogP contribution in [0, 0.1) is 11.7 Å². The molecule has 122 valence electrons. The molecule has 4 nitrogen and oxygen atoms in total. The summed E-state index contributed by atoms with van der Waals surface area (Å²) in [7, 11) is 1.19. The number of allylic oxidation sites excluding steroid dienone is 2. The Kier molecular flexibility index (Phi) is 7.47. The van der Waals surface area contributed by atoms with E-state index < -0.39 is 23.7 Å². The van der Waals surface area contributed by atoms with Crippen molar-refractivity contribution in [2.24, 2.45) is 5.92 Å². The van der Waals surface area contributed by atoms with Crippen molar-refractivity contribution in [1.82, 2.24) is 0 Å². The van der Waals surface area contributed by atoms with Gasteiger partial charge < -0.3 is 9.47 Å². The first-order valence-corrected chi connectivity index (χ1v) is 6.94. The molecule has 5 heteroatoms. The van der Waals surface area contributed by atoms with Crippen LogP contribution in [0.3, 0.4) is 0 Å². The van der Waals surface area contributed by atoms with Gasteiger partial charge in [0.25, 0.3) is 0 Å². The Morgan fingerprint density at radius 3 is 2.39 bits per heavy atom. The second kappa shape index (κ2) is 9.35. The lowest BCUT2D eigenvalue weighted by molar-refractivity contribution is -0.159. The SMILES string of the molecule is C=C/C=C(\C=C)COC(=O)C(Cc1ccc(F)cc1)C(=O)OC. The predicted molar refractivity (Wildman–Crippen MR) is 85.0 cm³/mol. The molecule has 0 aliphatic carbocycles. The van der Waals surface area contributed by atoms with Crippen LogP contribution in [0.2, 0.25) is 0 Å². The zero-order valence-corrected chi connectivity index (χ0v) is 13.0. The van der Waals surface area contributed by atoms with E-state index in [1.807, 2.05) is 0 Å². The van der Waals surface area contributed by atoms with Crippen LogP contribution >= 0.6 is 0 Å². The maximum atomic E-state index is 12.9. The smallest absolute Gasteiger partial charge is 0.321 e. The standard InChI is InChI=1S/C18H19FO4/c1-4-6-13(5-2)12-23-18(21)16(17(20)22-3)11-14-7-9-15(19)10-8-14/h4-10,16H,1-2,11-12H2,3H3/b13-6+. The molecule has 0 saturated heterocycles. The van der Waals surface area contributed by atoms with Crippen molar-refractivity contribution >= 4 is 11.9 Å². The Bertz CT molecular complexity index is 602. The summed E-state index contributed by atoms with van der Waals surface area (Å²) in [4.78, 5) is 24.0. The van der Waals surface area contributed by atoms with Crippen molar-refractivity contribution < 1.29 is 23.5 Å². The quantitative estimate of drug-likeness (QED) is 0.420. The highest BCUT2D eigenvalue weighted by molar-refractivity contribution is 5.95. The van der Waals surface area contributed by atoms with Crippen molar-refractivity contribution in [3.8, 4) is 0 Å². The molecule has 0 radical (unpaired) electrons. The fraction of sp³-hybridized carbons (Fsp3) is 0.222. The average molecular weight is 318 g/mol. The topological polar surface area (TPSA) is 52.6 Å². The number of hydrogen-bond acceptors (Lipinski definition) is 4. The van der Waals surface area contributed by atoms with Gasteiger partial charge in [-0.15, -0.1) is 0 Å². The molecule has 0 spiro atoms. The molecule has 0 N–H and O–H groups in total. The number of rotatable bonds is 8. The molecule has 1 aromatic rings. The fourth-order valence-electron chi connectivity index (χ4n) is 1.84. The maximum Gasteiger partial charge on any atom is 0.321 e. The normalized spacial score (nSPS) is 12.2. The molecule has 1 rings (SSSR count). The van der Waals surface area contributed by atoms with Gasteiger partial charge in [0.2, 0.25) is 0 Å². The average Bonchev–Trinajstić information content (AvgIpc) is 2.57. The number of ether oxygens (including phenoxy) is 2. The van der Waals surface area contributed by atoms with Crippen LogP contribution in [0.1, 0.15) is 5.56 Å². The molecular formula is C18H19FO4. The van der Waals surface area contributed by atoms with Gasteiger partial charge in [0.1, 0.15) is 12.4 Å². The number of halogens is 1. The highest BCUT2D eigenvalue weighted by Crippen LogP contribution is 2.14. The van der Waals surface area contributed by atoms with E-state index in [0.29, 0.717) is 11.1 Å². The van der Waals surface area contributed by atoms with Gasteiger partial charge in [-0.1, -0.05) is 43.5 Å². The predicted octanol–water partition coefficient (Wildman–Crippen LogP) is 3.00. The van der Waals surface area contributed by atoms with E-state index in [0.717, 1.165) is 0 Å². The van der Waals surface area contributed by atoms with Gasteiger partial charge in [0.15, 0.2) is 5.92 Å². The van der Waals surface area contributed by atoms with Gasteiger partial charge >= 0.3 is 11.9 Å². The minimum Gasteiger partial charge on any atom is -0.468 e. The van der Waals surface area contributed by atoms with Crippen LogP contribution in [0.15, 0.2) is 61.2 Å². The molecule has 0 fully saturated rings. The summed E-state index contributed by atoms with van der Waals surface area (Å²) in [6.07, 6.45) is 4.79. The highest BCUT2D eigenvalue weighted by Gasteiger charge is 2.29. The number of esters is 2. The van der Waals surface area contributed by atoms with Crippen LogP contribution in [-0.4, -0.2) is 25.7 Å².